The molecular formula is C16H23BrClNO. The van der Waals surface area contributed by atoms with Crippen molar-refractivity contribution in [3.05, 3.63) is 27.7 Å². The second kappa shape index (κ2) is 7.67. The maximum absolute atomic E-state index is 6.25. The molecule has 1 fully saturated rings. The van der Waals surface area contributed by atoms with Crippen molar-refractivity contribution in [2.75, 3.05) is 6.54 Å². The van der Waals surface area contributed by atoms with E-state index in [-0.39, 0.29) is 6.10 Å². The Morgan fingerprint density at radius 2 is 2.20 bits per heavy atom. The van der Waals surface area contributed by atoms with Crippen LogP contribution in [0.4, 0.5) is 0 Å². The molecule has 2 rings (SSSR count). The third-order valence-electron chi connectivity index (χ3n) is 4.21. The quantitative estimate of drug-likeness (QED) is 0.799. The highest BCUT2D eigenvalue weighted by Gasteiger charge is 2.31. The highest BCUT2D eigenvalue weighted by atomic mass is 79.9. The number of hydrogen-bond acceptors (Lipinski definition) is 2. The molecule has 0 radical (unpaired) electrons. The van der Waals surface area contributed by atoms with Crippen LogP contribution in [0.3, 0.4) is 0 Å². The van der Waals surface area contributed by atoms with Crippen LogP contribution in [0.15, 0.2) is 22.7 Å². The first-order valence-corrected chi connectivity index (χ1v) is 8.62. The monoisotopic (exact) mass is 359 g/mol. The zero-order valence-corrected chi connectivity index (χ0v) is 14.3. The fraction of sp³-hybridized carbons (Fsp3) is 0.625. The van der Waals surface area contributed by atoms with E-state index in [2.05, 4.69) is 22.9 Å². The van der Waals surface area contributed by atoms with Gasteiger partial charge in [0.15, 0.2) is 0 Å². The van der Waals surface area contributed by atoms with Crippen molar-refractivity contribution in [2.24, 2.45) is 17.6 Å². The van der Waals surface area contributed by atoms with Gasteiger partial charge in [0.2, 0.25) is 0 Å². The van der Waals surface area contributed by atoms with Crippen molar-refractivity contribution < 1.29 is 4.74 Å². The molecule has 1 aliphatic carbocycles. The first-order valence-electron chi connectivity index (χ1n) is 7.45. The Hall–Kier alpha value is -0.250. The SMILES string of the molecule is CCCC1CCC(CN)C(Oc2ccc(Br)cc2Cl)C1. The number of hydrogen-bond donors (Lipinski definition) is 1. The van der Waals surface area contributed by atoms with Crippen LogP contribution in [0.25, 0.3) is 0 Å². The maximum Gasteiger partial charge on any atom is 0.138 e. The summed E-state index contributed by atoms with van der Waals surface area (Å²) in [6.45, 7) is 2.94. The number of rotatable bonds is 5. The zero-order chi connectivity index (χ0) is 14.5. The summed E-state index contributed by atoms with van der Waals surface area (Å²) in [7, 11) is 0. The molecule has 1 saturated carbocycles. The lowest BCUT2D eigenvalue weighted by Crippen LogP contribution is -2.38. The molecule has 1 aromatic rings. The molecule has 4 heteroatoms. The van der Waals surface area contributed by atoms with Crippen molar-refractivity contribution >= 4 is 27.5 Å². The predicted octanol–water partition coefficient (Wildman–Crippen LogP) is 5.03. The average molecular weight is 361 g/mol. The van der Waals surface area contributed by atoms with E-state index in [0.29, 0.717) is 17.5 Å². The summed E-state index contributed by atoms with van der Waals surface area (Å²) < 4.78 is 7.16. The minimum Gasteiger partial charge on any atom is -0.489 e. The first-order chi connectivity index (χ1) is 9.63. The second-order valence-electron chi connectivity index (χ2n) is 5.69. The van der Waals surface area contributed by atoms with Gasteiger partial charge in [-0.1, -0.05) is 47.3 Å². The molecule has 3 atom stereocenters. The van der Waals surface area contributed by atoms with Gasteiger partial charge < -0.3 is 10.5 Å². The van der Waals surface area contributed by atoms with Gasteiger partial charge in [0.05, 0.1) is 5.02 Å². The molecule has 20 heavy (non-hydrogen) atoms. The van der Waals surface area contributed by atoms with Crippen LogP contribution in [-0.2, 0) is 0 Å². The Morgan fingerprint density at radius 1 is 1.40 bits per heavy atom. The summed E-state index contributed by atoms with van der Waals surface area (Å²) in [5.41, 5.74) is 5.91. The van der Waals surface area contributed by atoms with E-state index in [0.717, 1.165) is 22.6 Å². The molecule has 2 N–H and O–H groups in total. The van der Waals surface area contributed by atoms with E-state index in [4.69, 9.17) is 22.1 Å². The molecule has 1 aromatic carbocycles. The van der Waals surface area contributed by atoms with E-state index in [9.17, 15) is 0 Å². The standard InChI is InChI=1S/C16H23BrClNO/c1-2-3-11-4-5-12(10-19)16(8-11)20-15-7-6-13(17)9-14(15)18/h6-7,9,11-12,16H,2-5,8,10,19H2,1H3. The Balaban J connectivity index is 2.07. The summed E-state index contributed by atoms with van der Waals surface area (Å²) >= 11 is 9.67. The molecule has 0 saturated heterocycles. The van der Waals surface area contributed by atoms with Crippen LogP contribution in [0.1, 0.15) is 39.0 Å². The highest BCUT2D eigenvalue weighted by molar-refractivity contribution is 9.10. The van der Waals surface area contributed by atoms with E-state index in [1.807, 2.05) is 18.2 Å². The molecule has 2 nitrogen and oxygen atoms in total. The number of ether oxygens (including phenoxy) is 1. The minimum atomic E-state index is 0.198. The van der Waals surface area contributed by atoms with Crippen molar-refractivity contribution in [3.63, 3.8) is 0 Å². The van der Waals surface area contributed by atoms with Gasteiger partial charge in [-0.05, 0) is 49.9 Å². The molecule has 0 heterocycles. The van der Waals surface area contributed by atoms with Gasteiger partial charge in [-0.25, -0.2) is 0 Å². The molecule has 0 aliphatic heterocycles. The van der Waals surface area contributed by atoms with E-state index < -0.39 is 0 Å². The number of nitrogens with two attached hydrogens (primary N) is 1. The lowest BCUT2D eigenvalue weighted by molar-refractivity contribution is 0.0669. The molecule has 3 unspecified atom stereocenters. The summed E-state index contributed by atoms with van der Waals surface area (Å²) in [6, 6.07) is 5.77. The van der Waals surface area contributed by atoms with Crippen LogP contribution in [0.5, 0.6) is 5.75 Å². The molecule has 1 aliphatic rings. The molecule has 112 valence electrons. The van der Waals surface area contributed by atoms with Crippen LogP contribution in [-0.4, -0.2) is 12.6 Å². The fourth-order valence-corrected chi connectivity index (χ4v) is 3.81. The van der Waals surface area contributed by atoms with Crippen molar-refractivity contribution in [3.8, 4) is 5.75 Å². The molecule has 0 aromatic heterocycles. The van der Waals surface area contributed by atoms with Crippen molar-refractivity contribution in [2.45, 2.75) is 45.1 Å². The van der Waals surface area contributed by atoms with Gasteiger partial charge in [-0.2, -0.15) is 0 Å². The molecule has 0 amide bonds. The van der Waals surface area contributed by atoms with E-state index >= 15 is 0 Å². The van der Waals surface area contributed by atoms with Crippen LogP contribution in [0.2, 0.25) is 5.02 Å². The van der Waals surface area contributed by atoms with Gasteiger partial charge in [0.25, 0.3) is 0 Å². The first kappa shape index (κ1) is 16.1. The van der Waals surface area contributed by atoms with Crippen LogP contribution < -0.4 is 10.5 Å². The largest absolute Gasteiger partial charge is 0.489 e. The number of halogens is 2. The topological polar surface area (TPSA) is 35.2 Å². The van der Waals surface area contributed by atoms with Crippen LogP contribution in [0, 0.1) is 11.8 Å². The van der Waals surface area contributed by atoms with Gasteiger partial charge in [0, 0.05) is 10.4 Å². The Labute approximate surface area is 135 Å². The smallest absolute Gasteiger partial charge is 0.138 e. The second-order valence-corrected chi connectivity index (χ2v) is 7.02. The summed E-state index contributed by atoms with van der Waals surface area (Å²) in [5.74, 6) is 1.99. The maximum atomic E-state index is 6.25. The highest BCUT2D eigenvalue weighted by Crippen LogP contribution is 2.36. The Kier molecular flexibility index (Phi) is 6.19. The lowest BCUT2D eigenvalue weighted by atomic mass is 9.78. The van der Waals surface area contributed by atoms with Gasteiger partial charge in [-0.15, -0.1) is 0 Å². The lowest BCUT2D eigenvalue weighted by Gasteiger charge is -2.36. The molecule has 0 bridgehead atoms. The average Bonchev–Trinajstić information content (AvgIpc) is 2.43. The van der Waals surface area contributed by atoms with Gasteiger partial charge in [-0.3, -0.25) is 0 Å². The van der Waals surface area contributed by atoms with Crippen molar-refractivity contribution in [1.29, 1.82) is 0 Å². The Bertz CT molecular complexity index is 440. The summed E-state index contributed by atoms with van der Waals surface area (Å²) in [6.07, 6.45) is 6.27. The number of benzene rings is 1. The third kappa shape index (κ3) is 4.12. The molecular weight excluding hydrogens is 338 g/mol. The predicted molar refractivity (Wildman–Crippen MR) is 88.4 cm³/mol. The Morgan fingerprint density at radius 3 is 2.85 bits per heavy atom. The van der Waals surface area contributed by atoms with Gasteiger partial charge >= 0.3 is 0 Å². The minimum absolute atomic E-state index is 0.198. The summed E-state index contributed by atoms with van der Waals surface area (Å²) in [5, 5.41) is 0.660. The van der Waals surface area contributed by atoms with E-state index in [1.165, 1.54) is 25.7 Å². The zero-order valence-electron chi connectivity index (χ0n) is 11.9. The molecule has 0 spiro atoms. The van der Waals surface area contributed by atoms with E-state index in [1.54, 1.807) is 0 Å². The van der Waals surface area contributed by atoms with Gasteiger partial charge in [0.1, 0.15) is 11.9 Å². The fourth-order valence-electron chi connectivity index (χ4n) is 3.09. The van der Waals surface area contributed by atoms with Crippen LogP contribution >= 0.6 is 27.5 Å². The third-order valence-corrected chi connectivity index (χ3v) is 5.00. The van der Waals surface area contributed by atoms with Crippen molar-refractivity contribution in [1.82, 2.24) is 0 Å². The summed E-state index contributed by atoms with van der Waals surface area (Å²) in [4.78, 5) is 0. The normalized spacial score (nSPS) is 26.5.